The van der Waals surface area contributed by atoms with Crippen LogP contribution in [0.15, 0.2) is 30.3 Å². The predicted octanol–water partition coefficient (Wildman–Crippen LogP) is 1.72. The van der Waals surface area contributed by atoms with Gasteiger partial charge >= 0.3 is 0 Å². The van der Waals surface area contributed by atoms with Gasteiger partial charge in [0.2, 0.25) is 11.8 Å². The lowest BCUT2D eigenvalue weighted by Crippen LogP contribution is -2.56. The Kier molecular flexibility index (Phi) is 5.99. The molecule has 24 heavy (non-hydrogen) atoms. The first kappa shape index (κ1) is 18.5. The zero-order chi connectivity index (χ0) is 17.7. The van der Waals surface area contributed by atoms with E-state index < -0.39 is 0 Å². The molecule has 2 atom stereocenters. The van der Waals surface area contributed by atoms with Crippen LogP contribution in [0.25, 0.3) is 0 Å². The van der Waals surface area contributed by atoms with Gasteiger partial charge in [0.15, 0.2) is 0 Å². The average molecular weight is 331 g/mol. The summed E-state index contributed by atoms with van der Waals surface area (Å²) in [5.41, 5.74) is 0.834. The van der Waals surface area contributed by atoms with E-state index in [0.29, 0.717) is 6.42 Å². The zero-order valence-electron chi connectivity index (χ0n) is 15.1. The van der Waals surface area contributed by atoms with Gasteiger partial charge in [0, 0.05) is 12.6 Å². The minimum atomic E-state index is -0.324. The van der Waals surface area contributed by atoms with Crippen LogP contribution >= 0.6 is 0 Å². The molecule has 5 nitrogen and oxygen atoms in total. The predicted molar refractivity (Wildman–Crippen MR) is 95.6 cm³/mol. The standard InChI is InChI=1S/C19H29N3O2/c1-19(2,3)21-18(24)15-11-8-12-22(15)16(17(23)20-4)13-14-9-6-5-7-10-14/h5-7,9-10,15-16H,8,11-13H2,1-4H3,(H,20,23)(H,21,24)/t15-,16+/m0/s1. The van der Waals surface area contributed by atoms with Crippen LogP contribution in [0.4, 0.5) is 0 Å². The van der Waals surface area contributed by atoms with Gasteiger partial charge in [-0.3, -0.25) is 14.5 Å². The quantitative estimate of drug-likeness (QED) is 0.864. The summed E-state index contributed by atoms with van der Waals surface area (Å²) in [6.07, 6.45) is 2.34. The van der Waals surface area contributed by atoms with Crippen molar-refractivity contribution in [1.29, 1.82) is 0 Å². The second kappa shape index (κ2) is 7.79. The molecule has 1 aromatic carbocycles. The molecule has 132 valence electrons. The lowest BCUT2D eigenvalue weighted by atomic mass is 10.0. The maximum atomic E-state index is 12.7. The molecule has 0 saturated carbocycles. The van der Waals surface area contributed by atoms with Gasteiger partial charge in [0.1, 0.15) is 0 Å². The van der Waals surface area contributed by atoms with Crippen molar-refractivity contribution in [2.75, 3.05) is 13.6 Å². The molecule has 1 heterocycles. The van der Waals surface area contributed by atoms with Crippen molar-refractivity contribution in [3.05, 3.63) is 35.9 Å². The van der Waals surface area contributed by atoms with Crippen LogP contribution < -0.4 is 10.6 Å². The Morgan fingerprint density at radius 2 is 1.92 bits per heavy atom. The molecule has 2 N–H and O–H groups in total. The van der Waals surface area contributed by atoms with Crippen LogP contribution in [0, 0.1) is 0 Å². The van der Waals surface area contributed by atoms with Crippen LogP contribution in [0.2, 0.25) is 0 Å². The maximum Gasteiger partial charge on any atom is 0.237 e. The van der Waals surface area contributed by atoms with Crippen molar-refractivity contribution in [3.8, 4) is 0 Å². The molecule has 1 aromatic rings. The van der Waals surface area contributed by atoms with Crippen molar-refractivity contribution < 1.29 is 9.59 Å². The summed E-state index contributed by atoms with van der Waals surface area (Å²) < 4.78 is 0. The highest BCUT2D eigenvalue weighted by atomic mass is 16.2. The third-order valence-electron chi connectivity index (χ3n) is 4.32. The summed E-state index contributed by atoms with van der Waals surface area (Å²) >= 11 is 0. The Hall–Kier alpha value is -1.88. The van der Waals surface area contributed by atoms with E-state index in [-0.39, 0.29) is 29.4 Å². The van der Waals surface area contributed by atoms with E-state index in [9.17, 15) is 9.59 Å². The van der Waals surface area contributed by atoms with Crippen molar-refractivity contribution in [2.45, 2.75) is 57.7 Å². The number of rotatable bonds is 5. The van der Waals surface area contributed by atoms with Gasteiger partial charge in [-0.15, -0.1) is 0 Å². The number of amides is 2. The maximum absolute atomic E-state index is 12.7. The molecule has 0 aliphatic carbocycles. The minimum Gasteiger partial charge on any atom is -0.358 e. The molecule has 1 fully saturated rings. The molecule has 0 bridgehead atoms. The first-order chi connectivity index (χ1) is 11.3. The molecule has 2 rings (SSSR count). The lowest BCUT2D eigenvalue weighted by molar-refractivity contribution is -0.131. The van der Waals surface area contributed by atoms with Crippen LogP contribution in [-0.2, 0) is 16.0 Å². The number of nitrogens with zero attached hydrogens (tertiary/aromatic N) is 1. The topological polar surface area (TPSA) is 61.4 Å². The third kappa shape index (κ3) is 4.81. The van der Waals surface area contributed by atoms with Crippen LogP contribution in [0.3, 0.4) is 0 Å². The van der Waals surface area contributed by atoms with E-state index in [1.54, 1.807) is 7.05 Å². The van der Waals surface area contributed by atoms with Crippen molar-refractivity contribution in [1.82, 2.24) is 15.5 Å². The first-order valence-electron chi connectivity index (χ1n) is 8.65. The van der Waals surface area contributed by atoms with E-state index >= 15 is 0 Å². The van der Waals surface area contributed by atoms with Crippen LogP contribution in [-0.4, -0.2) is 47.9 Å². The van der Waals surface area contributed by atoms with E-state index in [2.05, 4.69) is 15.5 Å². The summed E-state index contributed by atoms with van der Waals surface area (Å²) in [7, 11) is 1.65. The molecule has 1 aliphatic heterocycles. The van der Waals surface area contributed by atoms with Gasteiger partial charge in [-0.1, -0.05) is 30.3 Å². The summed E-state index contributed by atoms with van der Waals surface area (Å²) in [4.78, 5) is 27.2. The normalized spacial score (nSPS) is 19.8. The van der Waals surface area contributed by atoms with Crippen molar-refractivity contribution >= 4 is 11.8 Å². The molecule has 0 aromatic heterocycles. The summed E-state index contributed by atoms with van der Waals surface area (Å²) in [5, 5.41) is 5.81. The van der Waals surface area contributed by atoms with Gasteiger partial charge in [0.05, 0.1) is 12.1 Å². The number of hydrogen-bond acceptors (Lipinski definition) is 3. The number of likely N-dealkylation sites (tertiary alicyclic amines) is 1. The van der Waals surface area contributed by atoms with Crippen molar-refractivity contribution in [3.63, 3.8) is 0 Å². The monoisotopic (exact) mass is 331 g/mol. The SMILES string of the molecule is CNC(=O)[C@@H](Cc1ccccc1)N1CCC[C@H]1C(=O)NC(C)(C)C. The van der Waals surface area contributed by atoms with E-state index in [4.69, 9.17) is 0 Å². The van der Waals surface area contributed by atoms with Crippen LogP contribution in [0.5, 0.6) is 0 Å². The third-order valence-corrected chi connectivity index (χ3v) is 4.32. The molecule has 0 spiro atoms. The Morgan fingerprint density at radius 1 is 1.25 bits per heavy atom. The molecule has 2 amide bonds. The fraction of sp³-hybridized carbons (Fsp3) is 0.579. The molecule has 0 unspecified atom stereocenters. The van der Waals surface area contributed by atoms with Gasteiger partial charge in [0.25, 0.3) is 0 Å². The minimum absolute atomic E-state index is 0.0157. The summed E-state index contributed by atoms with van der Waals surface area (Å²) in [6.45, 7) is 6.70. The highest BCUT2D eigenvalue weighted by Crippen LogP contribution is 2.23. The molecule has 1 saturated heterocycles. The van der Waals surface area contributed by atoms with E-state index in [0.717, 1.165) is 24.9 Å². The smallest absolute Gasteiger partial charge is 0.237 e. The lowest BCUT2D eigenvalue weighted by Gasteiger charge is -2.33. The fourth-order valence-corrected chi connectivity index (χ4v) is 3.26. The van der Waals surface area contributed by atoms with Crippen molar-refractivity contribution in [2.24, 2.45) is 0 Å². The van der Waals surface area contributed by atoms with E-state index in [1.165, 1.54) is 0 Å². The second-order valence-corrected chi connectivity index (χ2v) is 7.45. The number of nitrogens with one attached hydrogen (secondary N) is 2. The zero-order valence-corrected chi connectivity index (χ0v) is 15.1. The number of carbonyl (C=O) groups excluding carboxylic acids is 2. The second-order valence-electron chi connectivity index (χ2n) is 7.45. The van der Waals surface area contributed by atoms with Gasteiger partial charge < -0.3 is 10.6 Å². The Balaban J connectivity index is 2.18. The number of carbonyl (C=O) groups is 2. The Morgan fingerprint density at radius 3 is 2.50 bits per heavy atom. The molecule has 0 radical (unpaired) electrons. The number of likely N-dealkylation sites (N-methyl/N-ethyl adjacent to an activating group) is 1. The molecule has 1 aliphatic rings. The number of benzene rings is 1. The van der Waals surface area contributed by atoms with Gasteiger partial charge in [-0.2, -0.15) is 0 Å². The fourth-order valence-electron chi connectivity index (χ4n) is 3.26. The average Bonchev–Trinajstić information content (AvgIpc) is 3.00. The largest absolute Gasteiger partial charge is 0.358 e. The van der Waals surface area contributed by atoms with Gasteiger partial charge in [-0.05, 0) is 52.1 Å². The summed E-state index contributed by atoms with van der Waals surface area (Å²) in [6, 6.07) is 9.40. The highest BCUT2D eigenvalue weighted by Gasteiger charge is 2.39. The number of hydrogen-bond donors (Lipinski definition) is 2. The Bertz CT molecular complexity index is 566. The molecule has 5 heteroatoms. The Labute approximate surface area is 144 Å². The highest BCUT2D eigenvalue weighted by molar-refractivity contribution is 5.86. The molecular weight excluding hydrogens is 302 g/mol. The molecular formula is C19H29N3O2. The first-order valence-corrected chi connectivity index (χ1v) is 8.65. The summed E-state index contributed by atoms with van der Waals surface area (Å²) in [5.74, 6) is -0.0173. The van der Waals surface area contributed by atoms with Crippen LogP contribution in [0.1, 0.15) is 39.2 Å². The van der Waals surface area contributed by atoms with Gasteiger partial charge in [-0.25, -0.2) is 0 Å². The van der Waals surface area contributed by atoms with E-state index in [1.807, 2.05) is 51.1 Å².